The van der Waals surface area contributed by atoms with Crippen LogP contribution < -0.4 is 5.32 Å². The second kappa shape index (κ2) is 9.22. The smallest absolute Gasteiger partial charge is 0.220 e. The minimum atomic E-state index is -0.569. The van der Waals surface area contributed by atoms with Crippen molar-refractivity contribution >= 4 is 29.1 Å². The average Bonchev–Trinajstić information content (AvgIpc) is 3.14. The molecule has 0 radical (unpaired) electrons. The fraction of sp³-hybridized carbons (Fsp3) is 0.238. The Balaban J connectivity index is 1.50. The van der Waals surface area contributed by atoms with Crippen molar-refractivity contribution in [2.75, 3.05) is 0 Å². The maximum atomic E-state index is 13.7. The van der Waals surface area contributed by atoms with Crippen molar-refractivity contribution in [1.29, 1.82) is 0 Å². The molecule has 0 saturated heterocycles. The van der Waals surface area contributed by atoms with E-state index in [0.717, 1.165) is 5.56 Å². The van der Waals surface area contributed by atoms with Gasteiger partial charge < -0.3 is 9.73 Å². The van der Waals surface area contributed by atoms with Gasteiger partial charge in [0.2, 0.25) is 5.91 Å². The molecule has 28 heavy (non-hydrogen) atoms. The van der Waals surface area contributed by atoms with Gasteiger partial charge in [-0.3, -0.25) is 4.79 Å². The Morgan fingerprint density at radius 3 is 2.71 bits per heavy atom. The normalized spacial score (nSPS) is 12.0. The summed E-state index contributed by atoms with van der Waals surface area (Å²) in [7, 11) is 0. The third-order valence-electron chi connectivity index (χ3n) is 4.29. The minimum Gasteiger partial charge on any atom is -0.441 e. The lowest BCUT2D eigenvalue weighted by molar-refractivity contribution is -0.121. The monoisotopic (exact) mass is 420 g/mol. The Hall–Kier alpha value is -2.37. The van der Waals surface area contributed by atoms with Gasteiger partial charge in [-0.15, -0.1) is 0 Å². The van der Waals surface area contributed by atoms with Crippen LogP contribution in [0.4, 0.5) is 4.39 Å². The van der Waals surface area contributed by atoms with Crippen LogP contribution >= 0.6 is 23.2 Å². The number of hydrogen-bond donors (Lipinski definition) is 1. The molecule has 3 rings (SSSR count). The molecule has 0 spiro atoms. The number of carbonyl (C=O) groups is 1. The van der Waals surface area contributed by atoms with Gasteiger partial charge in [-0.2, -0.15) is 0 Å². The Labute approximate surface area is 172 Å². The third-order valence-corrected chi connectivity index (χ3v) is 4.91. The highest BCUT2D eigenvalue weighted by molar-refractivity contribution is 6.35. The molecule has 0 bridgehead atoms. The summed E-state index contributed by atoms with van der Waals surface area (Å²) in [4.78, 5) is 16.4. The van der Waals surface area contributed by atoms with Crippen LogP contribution in [0, 0.1) is 5.82 Å². The van der Waals surface area contributed by atoms with Crippen molar-refractivity contribution in [2.45, 2.75) is 32.2 Å². The third kappa shape index (κ3) is 5.12. The van der Waals surface area contributed by atoms with Crippen molar-refractivity contribution < 1.29 is 13.6 Å². The second-order valence-electron chi connectivity index (χ2n) is 6.41. The van der Waals surface area contributed by atoms with E-state index in [2.05, 4.69) is 10.3 Å². The molecule has 1 atom stereocenters. The van der Waals surface area contributed by atoms with Crippen molar-refractivity contribution in [3.63, 3.8) is 0 Å². The van der Waals surface area contributed by atoms with Crippen molar-refractivity contribution in [1.82, 2.24) is 10.3 Å². The van der Waals surface area contributed by atoms with Crippen LogP contribution in [0.3, 0.4) is 0 Å². The SMILES string of the molecule is CC(NC(=O)CCCc1ncc(-c2ccccc2)o1)c1cc(F)c(Cl)cc1Cl. The Kier molecular flexibility index (Phi) is 6.70. The molecule has 0 aliphatic rings. The van der Waals surface area contributed by atoms with E-state index in [1.54, 1.807) is 13.1 Å². The van der Waals surface area contributed by atoms with Crippen molar-refractivity contribution in [2.24, 2.45) is 0 Å². The lowest BCUT2D eigenvalue weighted by Gasteiger charge is -2.16. The number of rotatable bonds is 7. The molecule has 7 heteroatoms. The molecule has 0 aliphatic heterocycles. The van der Waals surface area contributed by atoms with Gasteiger partial charge in [0.25, 0.3) is 0 Å². The predicted octanol–water partition coefficient (Wildman–Crippen LogP) is 5.99. The van der Waals surface area contributed by atoms with Gasteiger partial charge >= 0.3 is 0 Å². The molecule has 2 aromatic carbocycles. The molecule has 0 aliphatic carbocycles. The van der Waals surface area contributed by atoms with E-state index in [4.69, 9.17) is 27.6 Å². The summed E-state index contributed by atoms with van der Waals surface area (Å²) in [5.41, 5.74) is 1.44. The van der Waals surface area contributed by atoms with Crippen LogP contribution in [0.1, 0.15) is 37.3 Å². The lowest BCUT2D eigenvalue weighted by atomic mass is 10.1. The highest BCUT2D eigenvalue weighted by atomic mass is 35.5. The second-order valence-corrected chi connectivity index (χ2v) is 7.23. The van der Waals surface area contributed by atoms with Gasteiger partial charge in [-0.25, -0.2) is 9.37 Å². The number of hydrogen-bond acceptors (Lipinski definition) is 3. The van der Waals surface area contributed by atoms with Gasteiger partial charge in [0, 0.05) is 23.4 Å². The number of amides is 1. The maximum Gasteiger partial charge on any atom is 0.220 e. The number of aryl methyl sites for hydroxylation is 1. The van der Waals surface area contributed by atoms with E-state index in [-0.39, 0.29) is 10.9 Å². The van der Waals surface area contributed by atoms with Crippen molar-refractivity contribution in [3.8, 4) is 11.3 Å². The molecule has 0 fully saturated rings. The Morgan fingerprint density at radius 1 is 1.21 bits per heavy atom. The topological polar surface area (TPSA) is 55.1 Å². The summed E-state index contributed by atoms with van der Waals surface area (Å²) < 4.78 is 19.4. The first-order valence-corrected chi connectivity index (χ1v) is 9.63. The largest absolute Gasteiger partial charge is 0.441 e. The molecule has 1 unspecified atom stereocenters. The standard InChI is InChI=1S/C21H19Cl2FN2O2/c1-13(15-10-18(24)17(23)11-16(15)22)26-20(27)8-5-9-21-25-12-19(28-21)14-6-3-2-4-7-14/h2-4,6-7,10-13H,5,8-9H2,1H3,(H,26,27). The fourth-order valence-electron chi connectivity index (χ4n) is 2.82. The summed E-state index contributed by atoms with van der Waals surface area (Å²) in [5, 5.41) is 3.08. The zero-order valence-electron chi connectivity index (χ0n) is 15.2. The van der Waals surface area contributed by atoms with Gasteiger partial charge in [-0.05, 0) is 31.0 Å². The highest BCUT2D eigenvalue weighted by Gasteiger charge is 2.16. The van der Waals surface area contributed by atoms with E-state index in [1.807, 2.05) is 30.3 Å². The summed E-state index contributed by atoms with van der Waals surface area (Å²) in [6.07, 6.45) is 3.10. The van der Waals surface area contributed by atoms with Gasteiger partial charge in [-0.1, -0.05) is 53.5 Å². The van der Waals surface area contributed by atoms with Crippen LogP contribution in [0.5, 0.6) is 0 Å². The van der Waals surface area contributed by atoms with E-state index in [0.29, 0.717) is 41.5 Å². The average molecular weight is 421 g/mol. The molecule has 1 heterocycles. The highest BCUT2D eigenvalue weighted by Crippen LogP contribution is 2.28. The number of oxazole rings is 1. The molecular weight excluding hydrogens is 402 g/mol. The zero-order valence-corrected chi connectivity index (χ0v) is 16.7. The number of nitrogens with zero attached hydrogens (tertiary/aromatic N) is 1. The number of halogens is 3. The van der Waals surface area contributed by atoms with Crippen LogP contribution in [-0.2, 0) is 11.2 Å². The van der Waals surface area contributed by atoms with Crippen LogP contribution in [-0.4, -0.2) is 10.9 Å². The fourth-order valence-corrected chi connectivity index (χ4v) is 3.37. The first kappa shape index (κ1) is 20.4. The molecular formula is C21H19Cl2FN2O2. The molecule has 146 valence electrons. The Morgan fingerprint density at radius 2 is 1.96 bits per heavy atom. The van der Waals surface area contributed by atoms with Crippen LogP contribution in [0.15, 0.2) is 53.1 Å². The molecule has 1 amide bonds. The Bertz CT molecular complexity index is 960. The first-order chi connectivity index (χ1) is 13.4. The van der Waals surface area contributed by atoms with E-state index >= 15 is 0 Å². The minimum absolute atomic E-state index is 0.0481. The predicted molar refractivity (Wildman–Crippen MR) is 108 cm³/mol. The van der Waals surface area contributed by atoms with Crippen LogP contribution in [0.25, 0.3) is 11.3 Å². The summed E-state index contributed by atoms with van der Waals surface area (Å²) in [5.74, 6) is 0.560. The number of carbonyl (C=O) groups excluding carboxylic acids is 1. The first-order valence-electron chi connectivity index (χ1n) is 8.88. The molecule has 3 aromatic rings. The zero-order chi connectivity index (χ0) is 20.1. The lowest BCUT2D eigenvalue weighted by Crippen LogP contribution is -2.26. The molecule has 1 aromatic heterocycles. The maximum absolute atomic E-state index is 13.7. The molecule has 4 nitrogen and oxygen atoms in total. The number of nitrogens with one attached hydrogen (secondary N) is 1. The van der Waals surface area contributed by atoms with Crippen LogP contribution in [0.2, 0.25) is 10.0 Å². The molecule has 1 N–H and O–H groups in total. The van der Waals surface area contributed by atoms with E-state index in [9.17, 15) is 9.18 Å². The summed E-state index contributed by atoms with van der Waals surface area (Å²) >= 11 is 11.8. The van der Waals surface area contributed by atoms with E-state index < -0.39 is 11.9 Å². The van der Waals surface area contributed by atoms with E-state index in [1.165, 1.54) is 12.1 Å². The van der Waals surface area contributed by atoms with Gasteiger partial charge in [0.15, 0.2) is 11.7 Å². The number of aromatic nitrogens is 1. The quantitative estimate of drug-likeness (QED) is 0.477. The molecule has 0 saturated carbocycles. The summed E-state index contributed by atoms with van der Waals surface area (Å²) in [6.45, 7) is 1.74. The number of benzene rings is 2. The van der Waals surface area contributed by atoms with Gasteiger partial charge in [0.1, 0.15) is 5.82 Å². The van der Waals surface area contributed by atoms with Gasteiger partial charge in [0.05, 0.1) is 17.3 Å². The summed E-state index contributed by atoms with van der Waals surface area (Å²) in [6, 6.07) is 11.8. The van der Waals surface area contributed by atoms with Crippen molar-refractivity contribution in [3.05, 3.63) is 76.0 Å².